The van der Waals surface area contributed by atoms with E-state index in [0.29, 0.717) is 6.54 Å². The van der Waals surface area contributed by atoms with Gasteiger partial charge in [-0.3, -0.25) is 5.32 Å². The van der Waals surface area contributed by atoms with Gasteiger partial charge in [0.1, 0.15) is 0 Å². The molecule has 9 heavy (non-hydrogen) atoms. The zero-order valence-corrected chi connectivity index (χ0v) is 5.09. The van der Waals surface area contributed by atoms with E-state index in [4.69, 9.17) is 5.11 Å². The Labute approximate surface area is 53.7 Å². The van der Waals surface area contributed by atoms with Gasteiger partial charge in [0.25, 0.3) is 0 Å². The Morgan fingerprint density at radius 1 is 1.67 bits per heavy atom. The van der Waals surface area contributed by atoms with E-state index in [2.05, 4.69) is 10.3 Å². The number of hydrogen-bond donors (Lipinski definition) is 3. The Balaban J connectivity index is 2.30. The number of aromatic nitrogens is 1. The summed E-state index contributed by atoms with van der Waals surface area (Å²) >= 11 is 0. The molecule has 0 saturated carbocycles. The zero-order valence-electron chi connectivity index (χ0n) is 5.09. The highest BCUT2D eigenvalue weighted by Gasteiger charge is 1.87. The van der Waals surface area contributed by atoms with Crippen LogP contribution in [0.2, 0.25) is 0 Å². The van der Waals surface area contributed by atoms with Crippen molar-refractivity contribution in [2.24, 2.45) is 0 Å². The van der Waals surface area contributed by atoms with E-state index in [1.54, 1.807) is 0 Å². The van der Waals surface area contributed by atoms with Gasteiger partial charge < -0.3 is 10.1 Å². The van der Waals surface area contributed by atoms with Crippen molar-refractivity contribution in [1.82, 2.24) is 10.3 Å². The first-order valence-corrected chi connectivity index (χ1v) is 2.87. The smallest absolute Gasteiger partial charge is 0.0934 e. The fourth-order valence-corrected chi connectivity index (χ4v) is 0.668. The van der Waals surface area contributed by atoms with Crippen LogP contribution >= 0.6 is 0 Å². The molecule has 0 aliphatic rings. The topological polar surface area (TPSA) is 48.0 Å². The maximum absolute atomic E-state index is 8.34. The molecular weight excluding hydrogens is 116 g/mol. The lowest BCUT2D eigenvalue weighted by molar-refractivity contribution is 0.259. The van der Waals surface area contributed by atoms with Crippen molar-refractivity contribution >= 4 is 0 Å². The first-order valence-electron chi connectivity index (χ1n) is 2.87. The largest absolute Gasteiger partial charge is 0.381 e. The molecule has 1 aromatic heterocycles. The first-order chi connectivity index (χ1) is 4.43. The summed E-state index contributed by atoms with van der Waals surface area (Å²) in [5, 5.41) is 11.1. The van der Waals surface area contributed by atoms with Gasteiger partial charge in [-0.25, -0.2) is 0 Å². The molecular formula is C6H10N2O. The molecule has 3 nitrogen and oxygen atoms in total. The summed E-state index contributed by atoms with van der Waals surface area (Å²) in [5.74, 6) is 0. The van der Waals surface area contributed by atoms with Crippen molar-refractivity contribution in [2.45, 2.75) is 6.54 Å². The molecule has 3 N–H and O–H groups in total. The summed E-state index contributed by atoms with van der Waals surface area (Å²) in [6, 6.07) is 3.89. The third-order valence-corrected chi connectivity index (χ3v) is 1.09. The number of aliphatic hydroxyl groups excluding tert-OH is 1. The van der Waals surface area contributed by atoms with E-state index in [0.717, 1.165) is 5.69 Å². The number of aliphatic hydroxyl groups is 1. The third kappa shape index (κ3) is 1.87. The van der Waals surface area contributed by atoms with Crippen molar-refractivity contribution in [1.29, 1.82) is 0 Å². The lowest BCUT2D eigenvalue weighted by Crippen LogP contribution is -2.13. The van der Waals surface area contributed by atoms with E-state index < -0.39 is 0 Å². The average Bonchev–Trinajstić information content (AvgIpc) is 2.34. The Bertz CT molecular complexity index is 148. The second kappa shape index (κ2) is 3.27. The molecule has 0 amide bonds. The van der Waals surface area contributed by atoms with Gasteiger partial charge in [-0.2, -0.15) is 0 Å². The molecule has 1 heterocycles. The van der Waals surface area contributed by atoms with Gasteiger partial charge in [-0.1, -0.05) is 0 Å². The van der Waals surface area contributed by atoms with Crippen molar-refractivity contribution in [3.63, 3.8) is 0 Å². The van der Waals surface area contributed by atoms with E-state index >= 15 is 0 Å². The lowest BCUT2D eigenvalue weighted by atomic mass is 10.4. The summed E-state index contributed by atoms with van der Waals surface area (Å²) in [4.78, 5) is 3.00. The Morgan fingerprint density at radius 2 is 2.56 bits per heavy atom. The van der Waals surface area contributed by atoms with Gasteiger partial charge in [-0.15, -0.1) is 0 Å². The molecule has 1 rings (SSSR count). The van der Waals surface area contributed by atoms with Crippen LogP contribution < -0.4 is 5.32 Å². The molecule has 0 atom stereocenters. The first kappa shape index (κ1) is 6.32. The quantitative estimate of drug-likeness (QED) is 0.501. The van der Waals surface area contributed by atoms with E-state index in [9.17, 15) is 0 Å². The minimum absolute atomic E-state index is 0.0268. The molecule has 0 spiro atoms. The minimum Gasteiger partial charge on any atom is -0.381 e. The number of hydrogen-bond acceptors (Lipinski definition) is 2. The summed E-state index contributed by atoms with van der Waals surface area (Å²) < 4.78 is 0. The Kier molecular flexibility index (Phi) is 2.30. The van der Waals surface area contributed by atoms with Crippen LogP contribution in [0.1, 0.15) is 5.69 Å². The van der Waals surface area contributed by atoms with Gasteiger partial charge in [0.15, 0.2) is 0 Å². The molecule has 0 saturated heterocycles. The molecule has 0 aliphatic heterocycles. The van der Waals surface area contributed by atoms with Crippen LogP contribution in [0, 0.1) is 0 Å². The van der Waals surface area contributed by atoms with Gasteiger partial charge in [0, 0.05) is 18.4 Å². The number of nitrogens with one attached hydrogen (secondary N) is 2. The van der Waals surface area contributed by atoms with E-state index in [1.807, 2.05) is 18.3 Å². The normalized spacial score (nSPS) is 9.89. The Hall–Kier alpha value is -0.800. The standard InChI is InChI=1S/C6H10N2O/c9-5-7-4-6-2-1-3-8-6/h1-3,7-9H,4-5H2. The van der Waals surface area contributed by atoms with Crippen LogP contribution in [-0.2, 0) is 6.54 Å². The zero-order chi connectivity index (χ0) is 6.53. The molecule has 0 aliphatic carbocycles. The van der Waals surface area contributed by atoms with Gasteiger partial charge in [0.05, 0.1) is 6.73 Å². The van der Waals surface area contributed by atoms with Crippen molar-refractivity contribution in [2.75, 3.05) is 6.73 Å². The minimum atomic E-state index is 0.0268. The van der Waals surface area contributed by atoms with Crippen LogP contribution in [0.4, 0.5) is 0 Å². The second-order valence-corrected chi connectivity index (χ2v) is 1.78. The molecule has 0 radical (unpaired) electrons. The second-order valence-electron chi connectivity index (χ2n) is 1.78. The molecule has 1 aromatic rings. The van der Waals surface area contributed by atoms with Gasteiger partial charge >= 0.3 is 0 Å². The van der Waals surface area contributed by atoms with Crippen LogP contribution in [-0.4, -0.2) is 16.8 Å². The highest BCUT2D eigenvalue weighted by atomic mass is 16.3. The summed E-state index contributed by atoms with van der Waals surface area (Å²) in [7, 11) is 0. The van der Waals surface area contributed by atoms with Crippen LogP contribution in [0.25, 0.3) is 0 Å². The highest BCUT2D eigenvalue weighted by molar-refractivity contribution is 5.02. The maximum Gasteiger partial charge on any atom is 0.0934 e. The molecule has 3 heteroatoms. The predicted molar refractivity (Wildman–Crippen MR) is 34.7 cm³/mol. The van der Waals surface area contributed by atoms with Crippen LogP contribution in [0.15, 0.2) is 18.3 Å². The van der Waals surface area contributed by atoms with Gasteiger partial charge in [-0.05, 0) is 12.1 Å². The number of aromatic amines is 1. The summed E-state index contributed by atoms with van der Waals surface area (Å²) in [5.41, 5.74) is 1.09. The molecule has 0 fully saturated rings. The van der Waals surface area contributed by atoms with Crippen molar-refractivity contribution in [3.05, 3.63) is 24.0 Å². The van der Waals surface area contributed by atoms with E-state index in [1.165, 1.54) is 0 Å². The Morgan fingerprint density at radius 3 is 3.11 bits per heavy atom. The highest BCUT2D eigenvalue weighted by Crippen LogP contribution is 1.91. The van der Waals surface area contributed by atoms with Gasteiger partial charge in [0.2, 0.25) is 0 Å². The van der Waals surface area contributed by atoms with Crippen molar-refractivity contribution < 1.29 is 5.11 Å². The monoisotopic (exact) mass is 126 g/mol. The SMILES string of the molecule is OCNCc1ccc[nH]1. The van der Waals surface area contributed by atoms with Crippen molar-refractivity contribution in [3.8, 4) is 0 Å². The molecule has 0 aromatic carbocycles. The number of H-pyrrole nitrogens is 1. The third-order valence-electron chi connectivity index (χ3n) is 1.09. The molecule has 0 unspecified atom stereocenters. The lowest BCUT2D eigenvalue weighted by Gasteiger charge is -1.95. The van der Waals surface area contributed by atoms with Crippen LogP contribution in [0.5, 0.6) is 0 Å². The van der Waals surface area contributed by atoms with E-state index in [-0.39, 0.29) is 6.73 Å². The maximum atomic E-state index is 8.34. The molecule has 0 bridgehead atoms. The molecule has 50 valence electrons. The summed E-state index contributed by atoms with van der Waals surface area (Å²) in [6.45, 7) is 0.725. The average molecular weight is 126 g/mol. The fraction of sp³-hybridized carbons (Fsp3) is 0.333. The number of rotatable bonds is 3. The van der Waals surface area contributed by atoms with Crippen LogP contribution in [0.3, 0.4) is 0 Å². The predicted octanol–water partition coefficient (Wildman–Crippen LogP) is 0.0541. The fourth-order valence-electron chi connectivity index (χ4n) is 0.668. The summed E-state index contributed by atoms with van der Waals surface area (Å²) in [6.07, 6.45) is 1.86.